The Hall–Kier alpha value is -2.07. The van der Waals surface area contributed by atoms with Gasteiger partial charge in [-0.15, -0.1) is 11.3 Å². The third-order valence-corrected chi connectivity index (χ3v) is 4.24. The molecule has 1 amide bonds. The van der Waals surface area contributed by atoms with Crippen molar-refractivity contribution in [3.05, 3.63) is 58.4 Å². The number of carbonyl (C=O) groups is 1. The van der Waals surface area contributed by atoms with Crippen LogP contribution in [0.3, 0.4) is 0 Å². The Balaban J connectivity index is 1.56. The van der Waals surface area contributed by atoms with Crippen molar-refractivity contribution >= 4 is 28.1 Å². The summed E-state index contributed by atoms with van der Waals surface area (Å²) in [7, 11) is 0. The molecule has 0 aliphatic rings. The highest BCUT2D eigenvalue weighted by molar-refractivity contribution is 7.09. The van der Waals surface area contributed by atoms with Gasteiger partial charge in [0.15, 0.2) is 0 Å². The van der Waals surface area contributed by atoms with E-state index in [2.05, 4.69) is 21.7 Å². The second-order valence-electron chi connectivity index (χ2n) is 4.72. The third kappa shape index (κ3) is 2.91. The molecule has 0 saturated heterocycles. The zero-order valence-electron chi connectivity index (χ0n) is 11.1. The lowest BCUT2D eigenvalue weighted by Gasteiger charge is -2.03. The minimum atomic E-state index is 0.0753. The van der Waals surface area contributed by atoms with Crippen molar-refractivity contribution in [2.45, 2.75) is 12.8 Å². The van der Waals surface area contributed by atoms with Crippen LogP contribution < -0.4 is 5.32 Å². The second kappa shape index (κ2) is 5.92. The van der Waals surface area contributed by atoms with E-state index in [0.717, 1.165) is 22.9 Å². The molecule has 20 heavy (non-hydrogen) atoms. The Morgan fingerprint density at radius 3 is 2.95 bits per heavy atom. The molecule has 3 aromatic rings. The average Bonchev–Trinajstić information content (AvgIpc) is 3.09. The summed E-state index contributed by atoms with van der Waals surface area (Å²) in [5.74, 6) is 0.0753. The van der Waals surface area contributed by atoms with Crippen LogP contribution in [-0.4, -0.2) is 17.4 Å². The van der Waals surface area contributed by atoms with Gasteiger partial charge in [-0.05, 0) is 29.5 Å². The van der Waals surface area contributed by atoms with E-state index in [4.69, 9.17) is 0 Å². The smallest absolute Gasteiger partial charge is 0.224 e. The molecule has 2 aromatic heterocycles. The number of para-hydroxylation sites is 1. The van der Waals surface area contributed by atoms with Gasteiger partial charge in [0.05, 0.1) is 6.42 Å². The number of aromatic amines is 1. The van der Waals surface area contributed by atoms with Gasteiger partial charge in [-0.25, -0.2) is 0 Å². The van der Waals surface area contributed by atoms with Gasteiger partial charge >= 0.3 is 0 Å². The highest BCUT2D eigenvalue weighted by Gasteiger charge is 2.08. The van der Waals surface area contributed by atoms with Gasteiger partial charge in [0, 0.05) is 28.5 Å². The zero-order valence-corrected chi connectivity index (χ0v) is 11.9. The Bertz CT molecular complexity index is 700. The molecule has 2 N–H and O–H groups in total. The van der Waals surface area contributed by atoms with Gasteiger partial charge < -0.3 is 10.3 Å². The summed E-state index contributed by atoms with van der Waals surface area (Å²) in [4.78, 5) is 16.5. The number of hydrogen-bond acceptors (Lipinski definition) is 2. The van der Waals surface area contributed by atoms with Crippen molar-refractivity contribution in [1.82, 2.24) is 10.3 Å². The Labute approximate surface area is 121 Å². The van der Waals surface area contributed by atoms with Crippen molar-refractivity contribution in [2.75, 3.05) is 6.54 Å². The quantitative estimate of drug-likeness (QED) is 0.743. The van der Waals surface area contributed by atoms with Crippen molar-refractivity contribution in [3.63, 3.8) is 0 Å². The Morgan fingerprint density at radius 2 is 2.10 bits per heavy atom. The van der Waals surface area contributed by atoms with Gasteiger partial charge in [0.25, 0.3) is 0 Å². The molecule has 0 radical (unpaired) electrons. The lowest BCUT2D eigenvalue weighted by Crippen LogP contribution is -2.26. The van der Waals surface area contributed by atoms with Crippen LogP contribution >= 0.6 is 11.3 Å². The van der Waals surface area contributed by atoms with E-state index in [9.17, 15) is 4.79 Å². The maximum atomic E-state index is 12.0. The molecule has 0 saturated carbocycles. The molecular formula is C16H16N2OS. The summed E-state index contributed by atoms with van der Waals surface area (Å²) in [5, 5.41) is 6.16. The normalized spacial score (nSPS) is 10.8. The number of fused-ring (bicyclic) bond motifs is 1. The predicted octanol–water partition coefficient (Wildman–Crippen LogP) is 3.13. The van der Waals surface area contributed by atoms with Gasteiger partial charge in [-0.1, -0.05) is 24.3 Å². The fourth-order valence-electron chi connectivity index (χ4n) is 2.29. The minimum absolute atomic E-state index is 0.0753. The number of thiophene rings is 1. The second-order valence-corrected chi connectivity index (χ2v) is 5.75. The molecule has 0 atom stereocenters. The van der Waals surface area contributed by atoms with Crippen LogP contribution in [-0.2, 0) is 17.6 Å². The highest BCUT2D eigenvalue weighted by Crippen LogP contribution is 2.17. The molecular weight excluding hydrogens is 268 g/mol. The largest absolute Gasteiger partial charge is 0.361 e. The summed E-state index contributed by atoms with van der Waals surface area (Å²) in [6, 6.07) is 12.2. The Kier molecular flexibility index (Phi) is 3.83. The van der Waals surface area contributed by atoms with Crippen LogP contribution in [0, 0.1) is 0 Å². The van der Waals surface area contributed by atoms with E-state index >= 15 is 0 Å². The standard InChI is InChI=1S/C16H16N2OS/c19-16(17-8-7-13-4-3-9-20-13)10-12-11-18-15-6-2-1-5-14(12)15/h1-6,9,11,18H,7-8,10H2,(H,17,19). The van der Waals surface area contributed by atoms with Crippen LogP contribution in [0.2, 0.25) is 0 Å². The van der Waals surface area contributed by atoms with Crippen LogP contribution in [0.1, 0.15) is 10.4 Å². The molecule has 4 heteroatoms. The van der Waals surface area contributed by atoms with Gasteiger partial charge in [0.1, 0.15) is 0 Å². The van der Waals surface area contributed by atoms with Gasteiger partial charge in [0.2, 0.25) is 5.91 Å². The highest BCUT2D eigenvalue weighted by atomic mass is 32.1. The lowest BCUT2D eigenvalue weighted by molar-refractivity contribution is -0.120. The zero-order chi connectivity index (χ0) is 13.8. The van der Waals surface area contributed by atoms with E-state index in [-0.39, 0.29) is 5.91 Å². The number of aromatic nitrogens is 1. The average molecular weight is 284 g/mol. The molecule has 3 nitrogen and oxygen atoms in total. The summed E-state index contributed by atoms with van der Waals surface area (Å²) < 4.78 is 0. The van der Waals surface area contributed by atoms with E-state index in [1.807, 2.05) is 36.5 Å². The first kappa shape index (κ1) is 12.9. The molecule has 1 aromatic carbocycles. The van der Waals surface area contributed by atoms with Gasteiger partial charge in [-0.2, -0.15) is 0 Å². The topological polar surface area (TPSA) is 44.9 Å². The van der Waals surface area contributed by atoms with E-state index in [1.165, 1.54) is 4.88 Å². The summed E-state index contributed by atoms with van der Waals surface area (Å²) >= 11 is 1.73. The Morgan fingerprint density at radius 1 is 1.20 bits per heavy atom. The first-order valence-corrected chi connectivity index (χ1v) is 7.55. The molecule has 0 aliphatic heterocycles. The summed E-state index contributed by atoms with van der Waals surface area (Å²) in [6.45, 7) is 0.696. The van der Waals surface area contributed by atoms with E-state index in [0.29, 0.717) is 13.0 Å². The number of rotatable bonds is 5. The molecule has 3 rings (SSSR count). The minimum Gasteiger partial charge on any atom is -0.361 e. The molecule has 0 bridgehead atoms. The molecule has 2 heterocycles. The molecule has 0 fully saturated rings. The summed E-state index contributed by atoms with van der Waals surface area (Å²) in [5.41, 5.74) is 2.13. The van der Waals surface area contributed by atoms with Crippen LogP contribution in [0.4, 0.5) is 0 Å². The van der Waals surface area contributed by atoms with Crippen molar-refractivity contribution in [2.24, 2.45) is 0 Å². The fourth-order valence-corrected chi connectivity index (χ4v) is 3.00. The molecule has 102 valence electrons. The van der Waals surface area contributed by atoms with Gasteiger partial charge in [-0.3, -0.25) is 4.79 Å². The number of hydrogen-bond donors (Lipinski definition) is 2. The predicted molar refractivity (Wildman–Crippen MR) is 83.0 cm³/mol. The lowest BCUT2D eigenvalue weighted by atomic mass is 10.1. The monoisotopic (exact) mass is 284 g/mol. The first-order valence-electron chi connectivity index (χ1n) is 6.67. The maximum Gasteiger partial charge on any atom is 0.224 e. The molecule has 0 aliphatic carbocycles. The van der Waals surface area contributed by atoms with E-state index in [1.54, 1.807) is 11.3 Å². The van der Waals surface area contributed by atoms with Crippen molar-refractivity contribution in [3.8, 4) is 0 Å². The maximum absolute atomic E-state index is 12.0. The first-order chi connectivity index (χ1) is 9.83. The van der Waals surface area contributed by atoms with Crippen molar-refractivity contribution in [1.29, 1.82) is 0 Å². The number of carbonyl (C=O) groups excluding carboxylic acids is 1. The number of H-pyrrole nitrogens is 1. The SMILES string of the molecule is O=C(Cc1c[nH]c2ccccc12)NCCc1cccs1. The summed E-state index contributed by atoms with van der Waals surface area (Å²) in [6.07, 6.45) is 3.25. The number of nitrogens with one attached hydrogen (secondary N) is 2. The van der Waals surface area contributed by atoms with Crippen LogP contribution in [0.5, 0.6) is 0 Å². The fraction of sp³-hybridized carbons (Fsp3) is 0.188. The number of amides is 1. The van der Waals surface area contributed by atoms with Crippen LogP contribution in [0.25, 0.3) is 10.9 Å². The van der Waals surface area contributed by atoms with Crippen LogP contribution in [0.15, 0.2) is 48.0 Å². The number of benzene rings is 1. The van der Waals surface area contributed by atoms with Crippen molar-refractivity contribution < 1.29 is 4.79 Å². The van der Waals surface area contributed by atoms with E-state index < -0.39 is 0 Å². The molecule has 0 spiro atoms. The molecule has 0 unspecified atom stereocenters. The third-order valence-electron chi connectivity index (χ3n) is 3.30.